The van der Waals surface area contributed by atoms with Crippen LogP contribution >= 0.6 is 0 Å². The summed E-state index contributed by atoms with van der Waals surface area (Å²) in [5.41, 5.74) is 2.40. The van der Waals surface area contributed by atoms with E-state index in [0.29, 0.717) is 0 Å². The van der Waals surface area contributed by atoms with Crippen LogP contribution in [0.3, 0.4) is 0 Å². The zero-order valence-corrected chi connectivity index (χ0v) is 10.9. The molecule has 1 rings (SSSR count). The van der Waals surface area contributed by atoms with Crippen molar-refractivity contribution in [3.8, 4) is 5.75 Å². The number of carbonyl (C=O) groups is 1. The van der Waals surface area contributed by atoms with E-state index in [1.807, 2.05) is 25.1 Å². The summed E-state index contributed by atoms with van der Waals surface area (Å²) in [6.45, 7) is 7.00. The van der Waals surface area contributed by atoms with Gasteiger partial charge in [-0.05, 0) is 43.5 Å². The Hall–Kier alpha value is -1.51. The lowest BCUT2D eigenvalue weighted by Crippen LogP contribution is -2.29. The molecule has 0 unspecified atom stereocenters. The van der Waals surface area contributed by atoms with Crippen LogP contribution in [0.15, 0.2) is 18.2 Å². The maximum Gasteiger partial charge on any atom is 0.257 e. The predicted octanol–water partition coefficient (Wildman–Crippen LogP) is 2.60. The molecule has 0 atom stereocenters. The molecule has 0 aliphatic rings. The molecular weight excluding hydrogens is 214 g/mol. The minimum absolute atomic E-state index is 0.0586. The lowest BCUT2D eigenvalue weighted by atomic mass is 10.1. The monoisotopic (exact) mass is 235 g/mol. The van der Waals surface area contributed by atoms with Crippen molar-refractivity contribution >= 4 is 5.91 Å². The summed E-state index contributed by atoms with van der Waals surface area (Å²) in [5.74, 6) is 0.690. The average molecular weight is 235 g/mol. The lowest BCUT2D eigenvalue weighted by molar-refractivity contribution is -0.123. The molecule has 0 saturated carbocycles. The van der Waals surface area contributed by atoms with Crippen molar-refractivity contribution in [2.24, 2.45) is 0 Å². The van der Waals surface area contributed by atoms with E-state index in [0.717, 1.165) is 25.1 Å². The maximum absolute atomic E-state index is 11.4. The smallest absolute Gasteiger partial charge is 0.257 e. The van der Waals surface area contributed by atoms with Crippen molar-refractivity contribution in [3.05, 3.63) is 29.3 Å². The van der Waals surface area contributed by atoms with Crippen LogP contribution in [0.2, 0.25) is 0 Å². The zero-order chi connectivity index (χ0) is 12.7. The van der Waals surface area contributed by atoms with Gasteiger partial charge in [-0.25, -0.2) is 0 Å². The van der Waals surface area contributed by atoms with Crippen LogP contribution < -0.4 is 10.1 Å². The van der Waals surface area contributed by atoms with Crippen LogP contribution in [0.5, 0.6) is 5.75 Å². The SMILES string of the molecule is CCCCNC(=O)COc1ccc(C)c(C)c1. The third kappa shape index (κ3) is 4.89. The first-order valence-corrected chi connectivity index (χ1v) is 6.10. The van der Waals surface area contributed by atoms with Gasteiger partial charge in [-0.2, -0.15) is 0 Å². The highest BCUT2D eigenvalue weighted by atomic mass is 16.5. The van der Waals surface area contributed by atoms with Crippen LogP contribution in [0.4, 0.5) is 0 Å². The van der Waals surface area contributed by atoms with Gasteiger partial charge in [0.2, 0.25) is 0 Å². The Morgan fingerprint density at radius 3 is 2.71 bits per heavy atom. The Kier molecular flexibility index (Phi) is 5.53. The topological polar surface area (TPSA) is 38.3 Å². The number of carbonyl (C=O) groups excluding carboxylic acids is 1. The van der Waals surface area contributed by atoms with Crippen LogP contribution in [-0.4, -0.2) is 19.1 Å². The van der Waals surface area contributed by atoms with Gasteiger partial charge in [0.25, 0.3) is 5.91 Å². The van der Waals surface area contributed by atoms with Crippen molar-refractivity contribution in [1.29, 1.82) is 0 Å². The van der Waals surface area contributed by atoms with Crippen LogP contribution in [-0.2, 0) is 4.79 Å². The third-order valence-corrected chi connectivity index (χ3v) is 2.70. The molecular formula is C14H21NO2. The highest BCUT2D eigenvalue weighted by Gasteiger charge is 2.02. The number of hydrogen-bond donors (Lipinski definition) is 1. The van der Waals surface area contributed by atoms with Gasteiger partial charge in [0.15, 0.2) is 6.61 Å². The Balaban J connectivity index is 2.34. The molecule has 0 fully saturated rings. The molecule has 0 radical (unpaired) electrons. The highest BCUT2D eigenvalue weighted by molar-refractivity contribution is 5.77. The summed E-state index contributed by atoms with van der Waals surface area (Å²) in [6.07, 6.45) is 2.09. The van der Waals surface area contributed by atoms with Crippen molar-refractivity contribution < 1.29 is 9.53 Å². The average Bonchev–Trinajstić information content (AvgIpc) is 2.31. The molecule has 0 spiro atoms. The summed E-state index contributed by atoms with van der Waals surface area (Å²) in [6, 6.07) is 5.84. The molecule has 1 aromatic rings. The van der Waals surface area contributed by atoms with E-state index in [9.17, 15) is 4.79 Å². The van der Waals surface area contributed by atoms with Gasteiger partial charge in [0, 0.05) is 6.54 Å². The fourth-order valence-corrected chi connectivity index (χ4v) is 1.41. The van der Waals surface area contributed by atoms with E-state index in [1.54, 1.807) is 0 Å². The standard InChI is InChI=1S/C14H21NO2/c1-4-5-8-15-14(16)10-17-13-7-6-11(2)12(3)9-13/h6-7,9H,4-5,8,10H2,1-3H3,(H,15,16). The van der Waals surface area contributed by atoms with E-state index < -0.39 is 0 Å². The summed E-state index contributed by atoms with van der Waals surface area (Å²) in [4.78, 5) is 11.4. The summed E-state index contributed by atoms with van der Waals surface area (Å²) < 4.78 is 5.42. The molecule has 0 aliphatic heterocycles. The number of ether oxygens (including phenoxy) is 1. The lowest BCUT2D eigenvalue weighted by Gasteiger charge is -2.08. The summed E-state index contributed by atoms with van der Waals surface area (Å²) in [5, 5.41) is 2.82. The van der Waals surface area contributed by atoms with Crippen LogP contribution in [0, 0.1) is 13.8 Å². The van der Waals surface area contributed by atoms with E-state index >= 15 is 0 Å². The Morgan fingerprint density at radius 1 is 1.29 bits per heavy atom. The first-order chi connectivity index (χ1) is 8.13. The van der Waals surface area contributed by atoms with E-state index in [2.05, 4.69) is 19.2 Å². The normalized spacial score (nSPS) is 10.1. The second-order valence-electron chi connectivity index (χ2n) is 4.24. The van der Waals surface area contributed by atoms with Gasteiger partial charge in [-0.1, -0.05) is 19.4 Å². The van der Waals surface area contributed by atoms with E-state index in [-0.39, 0.29) is 12.5 Å². The van der Waals surface area contributed by atoms with E-state index in [1.165, 1.54) is 11.1 Å². The van der Waals surface area contributed by atoms with Crippen molar-refractivity contribution in [2.45, 2.75) is 33.6 Å². The molecule has 0 heterocycles. The summed E-state index contributed by atoms with van der Waals surface area (Å²) in [7, 11) is 0. The summed E-state index contributed by atoms with van der Waals surface area (Å²) >= 11 is 0. The number of nitrogens with one attached hydrogen (secondary N) is 1. The quantitative estimate of drug-likeness (QED) is 0.770. The molecule has 0 saturated heterocycles. The second kappa shape index (κ2) is 6.94. The van der Waals surface area contributed by atoms with Gasteiger partial charge in [-0.15, -0.1) is 0 Å². The molecule has 0 aliphatic carbocycles. The van der Waals surface area contributed by atoms with Gasteiger partial charge in [-0.3, -0.25) is 4.79 Å². The molecule has 3 nitrogen and oxygen atoms in total. The fraction of sp³-hybridized carbons (Fsp3) is 0.500. The molecule has 3 heteroatoms. The van der Waals surface area contributed by atoms with Gasteiger partial charge in [0.1, 0.15) is 5.75 Å². The molecule has 1 amide bonds. The number of benzene rings is 1. The molecule has 94 valence electrons. The minimum Gasteiger partial charge on any atom is -0.484 e. The zero-order valence-electron chi connectivity index (χ0n) is 10.9. The van der Waals surface area contributed by atoms with Crippen LogP contribution in [0.25, 0.3) is 0 Å². The van der Waals surface area contributed by atoms with E-state index in [4.69, 9.17) is 4.74 Å². The van der Waals surface area contributed by atoms with Crippen molar-refractivity contribution in [3.63, 3.8) is 0 Å². The number of rotatable bonds is 6. The van der Waals surface area contributed by atoms with Crippen molar-refractivity contribution in [2.75, 3.05) is 13.2 Å². The predicted molar refractivity (Wildman–Crippen MR) is 69.3 cm³/mol. The fourth-order valence-electron chi connectivity index (χ4n) is 1.41. The number of hydrogen-bond acceptors (Lipinski definition) is 2. The number of unbranched alkanes of at least 4 members (excludes halogenated alkanes) is 1. The largest absolute Gasteiger partial charge is 0.484 e. The van der Waals surface area contributed by atoms with Gasteiger partial charge < -0.3 is 10.1 Å². The first-order valence-electron chi connectivity index (χ1n) is 6.10. The second-order valence-corrected chi connectivity index (χ2v) is 4.24. The Labute approximate surface area is 103 Å². The number of aryl methyl sites for hydroxylation is 2. The highest BCUT2D eigenvalue weighted by Crippen LogP contribution is 2.16. The maximum atomic E-state index is 11.4. The molecule has 1 aromatic carbocycles. The Morgan fingerprint density at radius 2 is 2.06 bits per heavy atom. The molecule has 1 N–H and O–H groups in total. The number of amides is 1. The minimum atomic E-state index is -0.0586. The molecule has 0 aromatic heterocycles. The molecule has 17 heavy (non-hydrogen) atoms. The Bertz CT molecular complexity index is 374. The van der Waals surface area contributed by atoms with Gasteiger partial charge in [0.05, 0.1) is 0 Å². The van der Waals surface area contributed by atoms with Crippen LogP contribution in [0.1, 0.15) is 30.9 Å². The van der Waals surface area contributed by atoms with Crippen molar-refractivity contribution in [1.82, 2.24) is 5.32 Å². The first kappa shape index (κ1) is 13.6. The molecule has 0 bridgehead atoms. The third-order valence-electron chi connectivity index (χ3n) is 2.70. The van der Waals surface area contributed by atoms with Gasteiger partial charge >= 0.3 is 0 Å².